The van der Waals surface area contributed by atoms with Gasteiger partial charge in [0.2, 0.25) is 5.95 Å². The maximum Gasteiger partial charge on any atom is 0.435 e. The molecular formula is C12H15ClF3N3O5. The van der Waals surface area contributed by atoms with Gasteiger partial charge in [-0.15, -0.1) is 0 Å². The molecular weight excluding hydrogens is 359 g/mol. The topological polar surface area (TPSA) is 117 Å². The van der Waals surface area contributed by atoms with Gasteiger partial charge in [0.15, 0.2) is 12.0 Å². The summed E-state index contributed by atoms with van der Waals surface area (Å²) < 4.78 is 48.7. The van der Waals surface area contributed by atoms with E-state index in [9.17, 15) is 23.4 Å². The van der Waals surface area contributed by atoms with Crippen LogP contribution in [-0.2, 0) is 15.7 Å². The average Bonchev–Trinajstić information content (AvgIpc) is 2.52. The van der Waals surface area contributed by atoms with Crippen molar-refractivity contribution < 1.29 is 38.0 Å². The van der Waals surface area contributed by atoms with Crippen molar-refractivity contribution in [3.05, 3.63) is 16.9 Å². The van der Waals surface area contributed by atoms with Gasteiger partial charge in [0, 0.05) is 7.11 Å². The minimum Gasteiger partial charge on any atom is -0.394 e. The third-order valence-corrected chi connectivity index (χ3v) is 3.70. The number of anilines is 1. The number of alkyl halides is 3. The summed E-state index contributed by atoms with van der Waals surface area (Å²) in [5.41, 5.74) is -1.35. The zero-order chi connectivity index (χ0) is 18.1. The molecule has 24 heavy (non-hydrogen) atoms. The standard InChI is InChI=1S/C12H15ClF3N3O5/c1-23-10-6(8(22)7(21)5(3-20)24-10)18-11-17-2-4(13)9(19-11)12(14,15)16/h2,5-8,10,20-22H,3H2,1H3,(H,17,18,19)/t5-,6-,7+,8-,10+/m1/s1. The van der Waals surface area contributed by atoms with Crippen molar-refractivity contribution in [2.45, 2.75) is 36.8 Å². The molecule has 1 aromatic heterocycles. The lowest BCUT2D eigenvalue weighted by atomic mass is 9.97. The van der Waals surface area contributed by atoms with Gasteiger partial charge in [0.25, 0.3) is 0 Å². The summed E-state index contributed by atoms with van der Waals surface area (Å²) in [4.78, 5) is 6.88. The van der Waals surface area contributed by atoms with Crippen LogP contribution in [0.15, 0.2) is 6.20 Å². The van der Waals surface area contributed by atoms with Crippen LogP contribution < -0.4 is 5.32 Å². The molecule has 2 rings (SSSR count). The van der Waals surface area contributed by atoms with Crippen LogP contribution in [0.2, 0.25) is 5.02 Å². The second-order valence-electron chi connectivity index (χ2n) is 5.00. The Kier molecular flexibility index (Phi) is 5.83. The number of hydrogen-bond donors (Lipinski definition) is 4. The number of aliphatic hydroxyl groups is 3. The van der Waals surface area contributed by atoms with Gasteiger partial charge in [0.1, 0.15) is 24.4 Å². The van der Waals surface area contributed by atoms with Crippen LogP contribution >= 0.6 is 11.6 Å². The minimum atomic E-state index is -4.79. The zero-order valence-electron chi connectivity index (χ0n) is 12.2. The molecule has 8 nitrogen and oxygen atoms in total. The monoisotopic (exact) mass is 373 g/mol. The molecule has 0 bridgehead atoms. The lowest BCUT2D eigenvalue weighted by Crippen LogP contribution is -2.61. The third kappa shape index (κ3) is 3.87. The molecule has 0 unspecified atom stereocenters. The number of methoxy groups -OCH3 is 1. The number of nitrogens with zero attached hydrogens (tertiary/aromatic N) is 2. The Balaban J connectivity index is 2.26. The Labute approximate surface area is 139 Å². The highest BCUT2D eigenvalue weighted by atomic mass is 35.5. The molecule has 0 aromatic carbocycles. The van der Waals surface area contributed by atoms with Crippen molar-refractivity contribution >= 4 is 17.5 Å². The summed E-state index contributed by atoms with van der Waals surface area (Å²) in [6, 6.07) is -1.19. The molecule has 1 saturated heterocycles. The lowest BCUT2D eigenvalue weighted by molar-refractivity contribution is -0.254. The highest BCUT2D eigenvalue weighted by Crippen LogP contribution is 2.33. The minimum absolute atomic E-state index is 0.490. The molecule has 0 amide bonds. The molecule has 2 heterocycles. The Morgan fingerprint density at radius 1 is 1.38 bits per heavy atom. The van der Waals surface area contributed by atoms with Crippen LogP contribution in [0.5, 0.6) is 0 Å². The van der Waals surface area contributed by atoms with Crippen molar-refractivity contribution in [1.82, 2.24) is 9.97 Å². The number of halogens is 4. The van der Waals surface area contributed by atoms with Crippen molar-refractivity contribution in [3.63, 3.8) is 0 Å². The quantitative estimate of drug-likeness (QED) is 0.583. The first-order valence-corrected chi connectivity index (χ1v) is 7.08. The molecule has 1 aliphatic heterocycles. The number of rotatable bonds is 4. The molecule has 0 aliphatic carbocycles. The van der Waals surface area contributed by atoms with E-state index in [1.54, 1.807) is 0 Å². The molecule has 5 atom stereocenters. The van der Waals surface area contributed by atoms with Crippen molar-refractivity contribution in [3.8, 4) is 0 Å². The van der Waals surface area contributed by atoms with Gasteiger partial charge in [-0.05, 0) is 0 Å². The SMILES string of the molecule is CO[C@H]1O[C@H](CO)[C@H](O)[C@H](O)[C@H]1Nc1ncc(Cl)c(C(F)(F)F)n1. The van der Waals surface area contributed by atoms with E-state index >= 15 is 0 Å². The molecule has 136 valence electrons. The van der Waals surface area contributed by atoms with E-state index in [-0.39, 0.29) is 0 Å². The second-order valence-corrected chi connectivity index (χ2v) is 5.41. The van der Waals surface area contributed by atoms with Gasteiger partial charge < -0.3 is 30.1 Å². The fourth-order valence-corrected chi connectivity index (χ4v) is 2.42. The number of aliphatic hydroxyl groups excluding tert-OH is 3. The normalized spacial score (nSPS) is 31.1. The summed E-state index contributed by atoms with van der Waals surface area (Å²) >= 11 is 5.43. The number of hydrogen-bond acceptors (Lipinski definition) is 8. The fraction of sp³-hybridized carbons (Fsp3) is 0.667. The number of aromatic nitrogens is 2. The summed E-state index contributed by atoms with van der Waals surface area (Å²) in [6.45, 7) is -0.583. The summed E-state index contributed by atoms with van der Waals surface area (Å²) in [6.07, 6.45) is -9.33. The van der Waals surface area contributed by atoms with Crippen LogP contribution in [0.4, 0.5) is 19.1 Å². The fourth-order valence-electron chi connectivity index (χ4n) is 2.22. The van der Waals surface area contributed by atoms with E-state index < -0.39 is 60.1 Å². The highest BCUT2D eigenvalue weighted by molar-refractivity contribution is 6.31. The highest BCUT2D eigenvalue weighted by Gasteiger charge is 2.45. The Bertz CT molecular complexity index is 577. The second kappa shape index (κ2) is 7.33. The van der Waals surface area contributed by atoms with Crippen LogP contribution in [0.3, 0.4) is 0 Å². The summed E-state index contributed by atoms with van der Waals surface area (Å²) in [5.74, 6) is -0.490. The van der Waals surface area contributed by atoms with E-state index in [0.29, 0.717) is 0 Å². The van der Waals surface area contributed by atoms with Gasteiger partial charge in [-0.1, -0.05) is 11.6 Å². The summed E-state index contributed by atoms with van der Waals surface area (Å²) in [7, 11) is 1.22. The Morgan fingerprint density at radius 2 is 2.04 bits per heavy atom. The van der Waals surface area contributed by atoms with Crippen LogP contribution in [0, 0.1) is 0 Å². The van der Waals surface area contributed by atoms with Gasteiger partial charge in [-0.25, -0.2) is 9.97 Å². The van der Waals surface area contributed by atoms with E-state index in [1.807, 2.05) is 0 Å². The lowest BCUT2D eigenvalue weighted by Gasteiger charge is -2.41. The van der Waals surface area contributed by atoms with Crippen molar-refractivity contribution in [1.29, 1.82) is 0 Å². The van der Waals surface area contributed by atoms with Gasteiger partial charge >= 0.3 is 6.18 Å². The maximum absolute atomic E-state index is 12.8. The Hall–Kier alpha value is -1.24. The predicted octanol–water partition coefficient (Wildman–Crippen LogP) is 0.0147. The van der Waals surface area contributed by atoms with Gasteiger partial charge in [-0.2, -0.15) is 13.2 Å². The first-order chi connectivity index (χ1) is 11.2. The first kappa shape index (κ1) is 19.1. The molecule has 4 N–H and O–H groups in total. The van der Waals surface area contributed by atoms with Gasteiger partial charge in [-0.3, -0.25) is 0 Å². The van der Waals surface area contributed by atoms with Crippen LogP contribution in [0.1, 0.15) is 5.69 Å². The largest absolute Gasteiger partial charge is 0.435 e. The van der Waals surface area contributed by atoms with E-state index in [0.717, 1.165) is 6.20 Å². The number of ether oxygens (including phenoxy) is 2. The molecule has 1 aromatic rings. The molecule has 0 spiro atoms. The van der Waals surface area contributed by atoms with E-state index in [4.69, 9.17) is 26.2 Å². The molecule has 12 heteroatoms. The van der Waals surface area contributed by atoms with E-state index in [1.165, 1.54) is 7.11 Å². The van der Waals surface area contributed by atoms with Crippen molar-refractivity contribution in [2.75, 3.05) is 19.0 Å². The van der Waals surface area contributed by atoms with Crippen molar-refractivity contribution in [2.24, 2.45) is 0 Å². The molecule has 0 radical (unpaired) electrons. The summed E-state index contributed by atoms with van der Waals surface area (Å²) in [5, 5.41) is 30.8. The molecule has 0 saturated carbocycles. The first-order valence-electron chi connectivity index (χ1n) is 6.70. The maximum atomic E-state index is 12.8. The average molecular weight is 374 g/mol. The predicted molar refractivity (Wildman–Crippen MR) is 74.2 cm³/mol. The molecule has 1 aliphatic rings. The molecule has 1 fully saturated rings. The third-order valence-electron chi connectivity index (χ3n) is 3.42. The number of nitrogens with one attached hydrogen (secondary N) is 1. The zero-order valence-corrected chi connectivity index (χ0v) is 13.0. The van der Waals surface area contributed by atoms with Gasteiger partial charge in [0.05, 0.1) is 17.8 Å². The van der Waals surface area contributed by atoms with E-state index in [2.05, 4.69) is 15.3 Å². The smallest absolute Gasteiger partial charge is 0.394 e. The Morgan fingerprint density at radius 3 is 2.58 bits per heavy atom. The van der Waals surface area contributed by atoms with Crippen LogP contribution in [-0.4, -0.2) is 69.6 Å². The van der Waals surface area contributed by atoms with Crippen LogP contribution in [0.25, 0.3) is 0 Å².